The van der Waals surface area contributed by atoms with E-state index in [1.54, 1.807) is 0 Å². The van der Waals surface area contributed by atoms with Crippen molar-refractivity contribution in [1.82, 2.24) is 9.97 Å². The van der Waals surface area contributed by atoms with Gasteiger partial charge in [-0.15, -0.1) is 0 Å². The molecule has 0 N–H and O–H groups in total. The van der Waals surface area contributed by atoms with Crippen LogP contribution in [0.4, 0.5) is 52.7 Å². The van der Waals surface area contributed by atoms with Gasteiger partial charge in [-0.2, -0.15) is 52.7 Å². The average molecular weight is 745 g/mol. The van der Waals surface area contributed by atoms with Gasteiger partial charge in [0, 0.05) is 24.6 Å². The van der Waals surface area contributed by atoms with Crippen LogP contribution in [0.1, 0.15) is 77.7 Å². The van der Waals surface area contributed by atoms with Crippen molar-refractivity contribution < 1.29 is 71.6 Å². The SMILES string of the molecule is CCCCCCCCc1cnc(-c2ccc(OC(F)(F)C(F)(F)C(F)(F)C(F)(F)C(F)(F)C(F)(F)OC(C)OCCOCCCC)cc2)nc1. The Balaban J connectivity index is 2.12. The van der Waals surface area contributed by atoms with Crippen molar-refractivity contribution in [1.29, 1.82) is 0 Å². The molecule has 1 aromatic carbocycles. The van der Waals surface area contributed by atoms with Crippen LogP contribution in [0.15, 0.2) is 36.7 Å². The minimum atomic E-state index is -7.85. The molecular formula is C32H40F12N2O4. The first-order valence-electron chi connectivity index (χ1n) is 15.9. The minimum Gasteiger partial charge on any atom is -0.428 e. The molecule has 0 aliphatic rings. The molecule has 1 aromatic heterocycles. The lowest BCUT2D eigenvalue weighted by Gasteiger charge is -2.40. The molecule has 0 spiro atoms. The Hall–Kier alpha value is -2.86. The molecule has 1 atom stereocenters. The molecular weight excluding hydrogens is 704 g/mol. The first-order valence-corrected chi connectivity index (χ1v) is 15.9. The predicted molar refractivity (Wildman–Crippen MR) is 157 cm³/mol. The Kier molecular flexibility index (Phi) is 15.6. The third-order valence-corrected chi connectivity index (χ3v) is 7.33. The number of aromatic nitrogens is 2. The van der Waals surface area contributed by atoms with Crippen LogP contribution < -0.4 is 4.74 Å². The Morgan fingerprint density at radius 3 is 1.68 bits per heavy atom. The van der Waals surface area contributed by atoms with Crippen molar-refractivity contribution >= 4 is 0 Å². The van der Waals surface area contributed by atoms with E-state index in [9.17, 15) is 52.7 Å². The maximum atomic E-state index is 14.4. The van der Waals surface area contributed by atoms with Gasteiger partial charge in [-0.1, -0.05) is 52.4 Å². The van der Waals surface area contributed by atoms with Crippen LogP contribution in [-0.4, -0.2) is 72.0 Å². The van der Waals surface area contributed by atoms with Gasteiger partial charge in [0.05, 0.1) is 13.2 Å². The lowest BCUT2D eigenvalue weighted by atomic mass is 9.97. The van der Waals surface area contributed by atoms with Crippen LogP contribution in [0.2, 0.25) is 0 Å². The molecule has 0 saturated carbocycles. The van der Waals surface area contributed by atoms with E-state index in [2.05, 4.69) is 31.1 Å². The van der Waals surface area contributed by atoms with E-state index >= 15 is 0 Å². The van der Waals surface area contributed by atoms with E-state index in [1.807, 2.05) is 6.92 Å². The highest BCUT2D eigenvalue weighted by atomic mass is 19.4. The summed E-state index contributed by atoms with van der Waals surface area (Å²) in [5, 5.41) is 0. The number of benzene rings is 1. The molecule has 0 aliphatic carbocycles. The molecule has 1 unspecified atom stereocenters. The lowest BCUT2D eigenvalue weighted by Crippen LogP contribution is -2.71. The van der Waals surface area contributed by atoms with Crippen LogP contribution >= 0.6 is 0 Å². The van der Waals surface area contributed by atoms with Gasteiger partial charge in [0.15, 0.2) is 12.1 Å². The van der Waals surface area contributed by atoms with Crippen molar-refractivity contribution in [2.75, 3.05) is 19.8 Å². The lowest BCUT2D eigenvalue weighted by molar-refractivity contribution is -0.479. The molecule has 0 fully saturated rings. The van der Waals surface area contributed by atoms with Gasteiger partial charge in [-0.05, 0) is 56.0 Å². The van der Waals surface area contributed by atoms with Gasteiger partial charge in [0.2, 0.25) is 0 Å². The van der Waals surface area contributed by atoms with Crippen molar-refractivity contribution in [3.63, 3.8) is 0 Å². The average Bonchev–Trinajstić information content (AvgIpc) is 3.04. The van der Waals surface area contributed by atoms with Crippen molar-refractivity contribution in [2.45, 2.75) is 121 Å². The molecule has 2 aromatic rings. The van der Waals surface area contributed by atoms with E-state index in [-0.39, 0.29) is 24.6 Å². The number of nitrogens with zero attached hydrogens (tertiary/aromatic N) is 2. The fraction of sp³-hybridized carbons (Fsp3) is 0.688. The highest BCUT2D eigenvalue weighted by Gasteiger charge is 2.91. The fourth-order valence-corrected chi connectivity index (χ4v) is 4.32. The summed E-state index contributed by atoms with van der Waals surface area (Å²) in [5.41, 5.74) is 0.907. The van der Waals surface area contributed by atoms with E-state index in [0.717, 1.165) is 62.6 Å². The third-order valence-electron chi connectivity index (χ3n) is 7.33. The monoisotopic (exact) mass is 744 g/mol. The number of halogens is 12. The quantitative estimate of drug-likeness (QED) is 0.0606. The first-order chi connectivity index (χ1) is 23.2. The number of unbranched alkanes of at least 4 members (excludes halogenated alkanes) is 6. The predicted octanol–water partition coefficient (Wildman–Crippen LogP) is 10.3. The number of hydrogen-bond acceptors (Lipinski definition) is 6. The Bertz CT molecular complexity index is 1280. The van der Waals surface area contributed by atoms with Gasteiger partial charge >= 0.3 is 35.9 Å². The highest BCUT2D eigenvalue weighted by Crippen LogP contribution is 2.60. The highest BCUT2D eigenvalue weighted by molar-refractivity contribution is 5.56. The van der Waals surface area contributed by atoms with E-state index in [1.165, 1.54) is 12.4 Å². The normalized spacial score (nSPS) is 14.2. The van der Waals surface area contributed by atoms with E-state index in [0.29, 0.717) is 31.9 Å². The summed E-state index contributed by atoms with van der Waals surface area (Å²) in [6, 6.07) is 2.95. The Morgan fingerprint density at radius 1 is 0.600 bits per heavy atom. The van der Waals surface area contributed by atoms with Gasteiger partial charge < -0.3 is 14.2 Å². The maximum Gasteiger partial charge on any atom is 0.471 e. The molecule has 286 valence electrons. The topological polar surface area (TPSA) is 62.7 Å². The zero-order chi connectivity index (χ0) is 37.9. The van der Waals surface area contributed by atoms with E-state index in [4.69, 9.17) is 4.74 Å². The Morgan fingerprint density at radius 2 is 1.12 bits per heavy atom. The second-order valence-electron chi connectivity index (χ2n) is 11.4. The third kappa shape index (κ3) is 10.4. The molecule has 0 saturated heterocycles. The Labute approximate surface area is 281 Å². The zero-order valence-corrected chi connectivity index (χ0v) is 27.6. The number of aryl methyl sites for hydroxylation is 1. The zero-order valence-electron chi connectivity index (χ0n) is 27.6. The molecule has 0 aliphatic heterocycles. The van der Waals surface area contributed by atoms with Crippen LogP contribution in [0, 0.1) is 0 Å². The molecule has 18 heteroatoms. The molecule has 1 heterocycles. The van der Waals surface area contributed by atoms with Crippen LogP contribution in [0.3, 0.4) is 0 Å². The summed E-state index contributed by atoms with van der Waals surface area (Å²) in [5.74, 6) is -31.9. The van der Waals surface area contributed by atoms with E-state index < -0.39 is 54.6 Å². The fourth-order valence-electron chi connectivity index (χ4n) is 4.32. The number of hydrogen-bond donors (Lipinski definition) is 0. The van der Waals surface area contributed by atoms with Crippen LogP contribution in [-0.2, 0) is 20.6 Å². The minimum absolute atomic E-state index is 0.0388. The van der Waals surface area contributed by atoms with Gasteiger partial charge in [-0.25, -0.2) is 9.97 Å². The summed E-state index contributed by atoms with van der Waals surface area (Å²) < 4.78 is 188. The van der Waals surface area contributed by atoms with Gasteiger partial charge in [0.25, 0.3) is 0 Å². The standard InChI is InChI=1S/C32H40F12N2O4/c1-4-6-8-9-10-11-12-23-20-45-26(46-21-23)24-13-15-25(16-14-24)50-32(43,44)30(39,40)28(35,36)27(33,34)29(37,38)31(41,42)49-22(3)48-19-18-47-17-7-5-2/h13-16,20-22H,4-12,17-19H2,1-3H3. The first kappa shape index (κ1) is 43.3. The van der Waals surface area contributed by atoms with Crippen molar-refractivity contribution in [2.24, 2.45) is 0 Å². The second-order valence-corrected chi connectivity index (χ2v) is 11.4. The summed E-state index contributed by atoms with van der Waals surface area (Å²) in [6.45, 7) is 3.68. The molecule has 6 nitrogen and oxygen atoms in total. The number of alkyl halides is 12. The molecule has 50 heavy (non-hydrogen) atoms. The van der Waals surface area contributed by atoms with Crippen LogP contribution in [0.25, 0.3) is 11.4 Å². The molecule has 0 amide bonds. The maximum absolute atomic E-state index is 14.4. The summed E-state index contributed by atoms with van der Waals surface area (Å²) in [7, 11) is 0. The summed E-state index contributed by atoms with van der Waals surface area (Å²) in [4.78, 5) is 8.22. The second kappa shape index (κ2) is 18.1. The van der Waals surface area contributed by atoms with Gasteiger partial charge in [0.1, 0.15) is 5.75 Å². The molecule has 2 rings (SSSR count). The smallest absolute Gasteiger partial charge is 0.428 e. The number of rotatable bonds is 24. The van der Waals surface area contributed by atoms with Crippen molar-refractivity contribution in [3.05, 3.63) is 42.2 Å². The van der Waals surface area contributed by atoms with Crippen LogP contribution in [0.5, 0.6) is 5.75 Å². The van der Waals surface area contributed by atoms with Crippen molar-refractivity contribution in [3.8, 4) is 17.1 Å². The number of ether oxygens (including phenoxy) is 4. The molecule has 0 radical (unpaired) electrons. The molecule has 0 bridgehead atoms. The summed E-state index contributed by atoms with van der Waals surface area (Å²) in [6.07, 6.45) is -4.41. The summed E-state index contributed by atoms with van der Waals surface area (Å²) >= 11 is 0. The largest absolute Gasteiger partial charge is 0.471 e. The van der Waals surface area contributed by atoms with Gasteiger partial charge in [-0.3, -0.25) is 4.74 Å².